The summed E-state index contributed by atoms with van der Waals surface area (Å²) in [5.41, 5.74) is 0.608. The Labute approximate surface area is 145 Å². The second kappa shape index (κ2) is 8.13. The van der Waals surface area contributed by atoms with Crippen LogP contribution in [-0.2, 0) is 0 Å². The number of nitrogens with zero attached hydrogens (tertiary/aromatic N) is 2. The van der Waals surface area contributed by atoms with E-state index < -0.39 is 5.91 Å². The molecule has 0 atom stereocenters. The Hall–Kier alpha value is -1.85. The van der Waals surface area contributed by atoms with Crippen LogP contribution in [-0.4, -0.2) is 22.4 Å². The van der Waals surface area contributed by atoms with Crippen molar-refractivity contribution in [2.24, 2.45) is 5.92 Å². The van der Waals surface area contributed by atoms with Crippen molar-refractivity contribution in [3.8, 4) is 0 Å². The van der Waals surface area contributed by atoms with Crippen LogP contribution < -0.4 is 10.6 Å². The summed E-state index contributed by atoms with van der Waals surface area (Å²) in [6, 6.07) is 6.55. The smallest absolute Gasteiger partial charge is 0.274 e. The second-order valence-electron chi connectivity index (χ2n) is 5.43. The third kappa shape index (κ3) is 5.08. The summed E-state index contributed by atoms with van der Waals surface area (Å²) in [5, 5.41) is 6.52. The summed E-state index contributed by atoms with van der Waals surface area (Å²) in [6.45, 7) is 5.03. The minimum atomic E-state index is -0.394. The van der Waals surface area contributed by atoms with Gasteiger partial charge in [0.2, 0.25) is 5.95 Å². The average molecular weight is 353 g/mol. The molecule has 1 amide bonds. The van der Waals surface area contributed by atoms with Crippen molar-refractivity contribution in [1.29, 1.82) is 0 Å². The first-order chi connectivity index (χ1) is 11.0. The molecule has 122 valence electrons. The molecule has 5 nitrogen and oxygen atoms in total. The van der Waals surface area contributed by atoms with E-state index in [1.54, 1.807) is 18.2 Å². The maximum Gasteiger partial charge on any atom is 0.274 e. The van der Waals surface area contributed by atoms with Crippen LogP contribution in [0.3, 0.4) is 0 Å². The third-order valence-electron chi connectivity index (χ3n) is 3.09. The summed E-state index contributed by atoms with van der Waals surface area (Å²) in [7, 11) is 0. The Morgan fingerprint density at radius 1 is 1.22 bits per heavy atom. The van der Waals surface area contributed by atoms with Crippen molar-refractivity contribution >= 4 is 40.7 Å². The number of nitrogens with one attached hydrogen (secondary N) is 2. The van der Waals surface area contributed by atoms with Gasteiger partial charge in [-0.2, -0.15) is 0 Å². The summed E-state index contributed by atoms with van der Waals surface area (Å²) >= 11 is 12.1. The van der Waals surface area contributed by atoms with Crippen molar-refractivity contribution in [3.05, 3.63) is 46.2 Å². The van der Waals surface area contributed by atoms with Crippen molar-refractivity contribution in [2.45, 2.75) is 20.3 Å². The minimum Gasteiger partial charge on any atom is -0.354 e. The molecule has 0 bridgehead atoms. The van der Waals surface area contributed by atoms with Gasteiger partial charge in [0.1, 0.15) is 5.69 Å². The van der Waals surface area contributed by atoms with E-state index in [-0.39, 0.29) is 5.69 Å². The van der Waals surface area contributed by atoms with Gasteiger partial charge in [0.25, 0.3) is 5.91 Å². The van der Waals surface area contributed by atoms with Gasteiger partial charge in [-0.25, -0.2) is 9.97 Å². The molecule has 0 aliphatic rings. The molecule has 2 N–H and O–H groups in total. The molecule has 0 radical (unpaired) electrons. The van der Waals surface area contributed by atoms with Gasteiger partial charge in [0, 0.05) is 12.7 Å². The molecule has 1 heterocycles. The lowest BCUT2D eigenvalue weighted by atomic mass is 10.1. The Kier molecular flexibility index (Phi) is 6.19. The first-order valence-corrected chi connectivity index (χ1v) is 8.05. The molecule has 0 aliphatic carbocycles. The van der Waals surface area contributed by atoms with Gasteiger partial charge >= 0.3 is 0 Å². The molecule has 1 aromatic carbocycles. The number of benzene rings is 1. The summed E-state index contributed by atoms with van der Waals surface area (Å²) in [6.07, 6.45) is 2.53. The van der Waals surface area contributed by atoms with Crippen molar-refractivity contribution in [1.82, 2.24) is 9.97 Å². The summed E-state index contributed by atoms with van der Waals surface area (Å²) in [4.78, 5) is 20.6. The van der Waals surface area contributed by atoms with Crippen molar-refractivity contribution < 1.29 is 4.79 Å². The molecule has 0 saturated heterocycles. The molecule has 2 aromatic rings. The number of anilines is 2. The van der Waals surface area contributed by atoms with Gasteiger partial charge in [-0.1, -0.05) is 43.1 Å². The second-order valence-corrected chi connectivity index (χ2v) is 6.24. The zero-order valence-electron chi connectivity index (χ0n) is 12.9. The zero-order chi connectivity index (χ0) is 16.8. The Morgan fingerprint density at radius 2 is 1.91 bits per heavy atom. The van der Waals surface area contributed by atoms with Gasteiger partial charge in [0.05, 0.1) is 15.7 Å². The lowest BCUT2D eigenvalue weighted by molar-refractivity contribution is 0.102. The van der Waals surface area contributed by atoms with Crippen LogP contribution >= 0.6 is 23.2 Å². The molecule has 1 aromatic heterocycles. The maximum absolute atomic E-state index is 12.3. The third-order valence-corrected chi connectivity index (χ3v) is 3.72. The molecule has 0 saturated carbocycles. The van der Waals surface area contributed by atoms with Gasteiger partial charge in [-0.05, 0) is 30.5 Å². The maximum atomic E-state index is 12.3. The fourth-order valence-corrected chi connectivity index (χ4v) is 2.33. The Morgan fingerprint density at radius 3 is 2.57 bits per heavy atom. The van der Waals surface area contributed by atoms with Gasteiger partial charge in [-0.3, -0.25) is 4.79 Å². The number of aromatic nitrogens is 2. The normalized spacial score (nSPS) is 10.7. The molecule has 2 rings (SSSR count). The van der Waals surface area contributed by atoms with Crippen LogP contribution in [0.15, 0.2) is 30.5 Å². The molecule has 0 spiro atoms. The van der Waals surface area contributed by atoms with E-state index in [1.165, 1.54) is 12.3 Å². The van der Waals surface area contributed by atoms with Crippen molar-refractivity contribution in [3.63, 3.8) is 0 Å². The number of amides is 1. The van der Waals surface area contributed by atoms with Crippen LogP contribution in [0, 0.1) is 5.92 Å². The van der Waals surface area contributed by atoms with E-state index in [0.29, 0.717) is 27.6 Å². The van der Waals surface area contributed by atoms with Crippen LogP contribution in [0.4, 0.5) is 11.6 Å². The van der Waals surface area contributed by atoms with E-state index in [1.807, 2.05) is 0 Å². The Balaban J connectivity index is 2.08. The number of halogens is 2. The Bertz CT molecular complexity index is 671. The SMILES string of the molecule is CC(C)CCNc1nccc(C(=O)Nc2c(Cl)cccc2Cl)n1. The molecule has 23 heavy (non-hydrogen) atoms. The number of hydrogen-bond acceptors (Lipinski definition) is 4. The lowest BCUT2D eigenvalue weighted by Gasteiger charge is -2.10. The first-order valence-electron chi connectivity index (χ1n) is 7.29. The molecule has 0 unspecified atom stereocenters. The highest BCUT2D eigenvalue weighted by Crippen LogP contribution is 2.30. The number of hydrogen-bond donors (Lipinski definition) is 2. The number of para-hydroxylation sites is 1. The molecule has 0 fully saturated rings. The standard InChI is InChI=1S/C16H18Cl2N4O/c1-10(2)6-8-19-16-20-9-7-13(21-16)15(23)22-14-11(17)4-3-5-12(14)18/h3-5,7,9-10H,6,8H2,1-2H3,(H,22,23)(H,19,20,21). The molecular formula is C16H18Cl2N4O. The predicted octanol–water partition coefficient (Wildman–Crippen LogP) is 4.49. The number of rotatable bonds is 6. The van der Waals surface area contributed by atoms with Crippen molar-refractivity contribution in [2.75, 3.05) is 17.2 Å². The van der Waals surface area contributed by atoms with Gasteiger partial charge in [0.15, 0.2) is 0 Å². The predicted molar refractivity (Wildman–Crippen MR) is 94.4 cm³/mol. The van der Waals surface area contributed by atoms with Crippen LogP contribution in [0.2, 0.25) is 10.0 Å². The number of carbonyl (C=O) groups excluding carboxylic acids is 1. The summed E-state index contributed by atoms with van der Waals surface area (Å²) in [5.74, 6) is 0.606. The van der Waals surface area contributed by atoms with Gasteiger partial charge < -0.3 is 10.6 Å². The van der Waals surface area contributed by atoms with E-state index in [9.17, 15) is 4.79 Å². The summed E-state index contributed by atoms with van der Waals surface area (Å²) < 4.78 is 0. The van der Waals surface area contributed by atoms with Crippen LogP contribution in [0.5, 0.6) is 0 Å². The van der Waals surface area contributed by atoms with E-state index in [2.05, 4.69) is 34.4 Å². The topological polar surface area (TPSA) is 66.9 Å². The van der Waals surface area contributed by atoms with Gasteiger partial charge in [-0.15, -0.1) is 0 Å². The van der Waals surface area contributed by atoms with E-state index in [0.717, 1.165) is 13.0 Å². The highest BCUT2D eigenvalue weighted by Gasteiger charge is 2.13. The molecule has 7 heteroatoms. The first kappa shape index (κ1) is 17.5. The van der Waals surface area contributed by atoms with E-state index >= 15 is 0 Å². The lowest BCUT2D eigenvalue weighted by Crippen LogP contribution is -2.16. The monoisotopic (exact) mass is 352 g/mol. The highest BCUT2D eigenvalue weighted by molar-refractivity contribution is 6.39. The quantitative estimate of drug-likeness (QED) is 0.803. The van der Waals surface area contributed by atoms with E-state index in [4.69, 9.17) is 23.2 Å². The highest BCUT2D eigenvalue weighted by atomic mass is 35.5. The molecular weight excluding hydrogens is 335 g/mol. The number of carbonyl (C=O) groups is 1. The fourth-order valence-electron chi connectivity index (χ4n) is 1.84. The van der Waals surface area contributed by atoms with Crippen LogP contribution in [0.25, 0.3) is 0 Å². The molecule has 0 aliphatic heterocycles. The average Bonchev–Trinajstić information content (AvgIpc) is 2.51. The minimum absolute atomic E-state index is 0.239. The fraction of sp³-hybridized carbons (Fsp3) is 0.312. The van der Waals surface area contributed by atoms with Crippen LogP contribution in [0.1, 0.15) is 30.8 Å². The largest absolute Gasteiger partial charge is 0.354 e. The zero-order valence-corrected chi connectivity index (χ0v) is 14.4.